The Hall–Kier alpha value is -3.97. The topological polar surface area (TPSA) is 102 Å². The van der Waals surface area contributed by atoms with Gasteiger partial charge in [0.25, 0.3) is 0 Å². The second-order valence-electron chi connectivity index (χ2n) is 10.5. The zero-order valence-corrected chi connectivity index (χ0v) is 25.1. The van der Waals surface area contributed by atoms with Gasteiger partial charge in [-0.1, -0.05) is 44.8 Å². The number of rotatable bonds is 15. The molecule has 2 rings (SSSR count). The van der Waals surface area contributed by atoms with Crippen molar-refractivity contribution in [1.29, 1.82) is 0 Å². The van der Waals surface area contributed by atoms with Crippen LogP contribution in [-0.2, 0) is 9.59 Å². The van der Waals surface area contributed by atoms with E-state index < -0.39 is 6.04 Å². The Bertz CT molecular complexity index is 1220. The van der Waals surface area contributed by atoms with Gasteiger partial charge in [-0.05, 0) is 57.5 Å². The van der Waals surface area contributed by atoms with Gasteiger partial charge >= 0.3 is 0 Å². The summed E-state index contributed by atoms with van der Waals surface area (Å²) in [4.78, 5) is 37.9. The van der Waals surface area contributed by atoms with Crippen molar-refractivity contribution in [2.75, 3.05) is 51.4 Å². The predicted octanol–water partition coefficient (Wildman–Crippen LogP) is 4.42. The molecule has 0 radical (unpaired) electrons. The molecule has 0 bridgehead atoms. The first-order valence-corrected chi connectivity index (χ1v) is 14.1. The first-order chi connectivity index (χ1) is 19.6. The highest BCUT2D eigenvalue weighted by molar-refractivity contribution is 5.92. The summed E-state index contributed by atoms with van der Waals surface area (Å²) in [5, 5.41) is 9.25. The Kier molecular flexibility index (Phi) is 14.3. The molecule has 1 atom stereocenters. The highest BCUT2D eigenvalue weighted by atomic mass is 19.1. The fourth-order valence-corrected chi connectivity index (χ4v) is 3.79. The SMILES string of the molecule is CCCNc1nc(Nc2cccc(F)c2)ncc1C#CCCCNC(=O)[C@H](CC(C)C)N(C)C(=O)C=CCN(C)C. The van der Waals surface area contributed by atoms with Crippen LogP contribution >= 0.6 is 0 Å². The Balaban J connectivity index is 1.95. The number of nitrogens with zero attached hydrogens (tertiary/aromatic N) is 4. The lowest BCUT2D eigenvalue weighted by molar-refractivity contribution is -0.136. The first kappa shape index (κ1) is 33.2. The Morgan fingerprint density at radius 1 is 1.17 bits per heavy atom. The second-order valence-corrected chi connectivity index (χ2v) is 10.5. The summed E-state index contributed by atoms with van der Waals surface area (Å²) in [6.07, 6.45) is 7.66. The number of hydrogen-bond acceptors (Lipinski definition) is 7. The summed E-state index contributed by atoms with van der Waals surface area (Å²) in [6, 6.07) is 5.56. The molecule has 10 heteroatoms. The van der Waals surface area contributed by atoms with E-state index in [2.05, 4.69) is 44.7 Å². The van der Waals surface area contributed by atoms with E-state index in [0.717, 1.165) is 13.0 Å². The van der Waals surface area contributed by atoms with E-state index in [1.807, 2.05) is 32.8 Å². The molecular formula is C31H44FN7O2. The second kappa shape index (κ2) is 17.7. The van der Waals surface area contributed by atoms with Gasteiger partial charge in [0.1, 0.15) is 17.7 Å². The quantitative estimate of drug-likeness (QED) is 0.167. The van der Waals surface area contributed by atoms with Crippen LogP contribution in [0.25, 0.3) is 0 Å². The number of hydrogen-bond donors (Lipinski definition) is 3. The van der Waals surface area contributed by atoms with Gasteiger partial charge in [0.15, 0.2) is 0 Å². The molecule has 0 fully saturated rings. The van der Waals surface area contributed by atoms with Crippen molar-refractivity contribution in [3.05, 3.63) is 54.0 Å². The van der Waals surface area contributed by atoms with Gasteiger partial charge in [-0.15, -0.1) is 0 Å². The Morgan fingerprint density at radius 3 is 2.63 bits per heavy atom. The first-order valence-electron chi connectivity index (χ1n) is 14.1. The number of anilines is 3. The summed E-state index contributed by atoms with van der Waals surface area (Å²) in [6.45, 7) is 7.95. The minimum absolute atomic E-state index is 0.163. The van der Waals surface area contributed by atoms with Crippen LogP contribution in [0.4, 0.5) is 21.8 Å². The summed E-state index contributed by atoms with van der Waals surface area (Å²) in [5.41, 5.74) is 1.21. The van der Waals surface area contributed by atoms with Gasteiger partial charge in [0.05, 0.1) is 11.8 Å². The van der Waals surface area contributed by atoms with Gasteiger partial charge in [-0.2, -0.15) is 4.98 Å². The number of carbonyl (C=O) groups excluding carboxylic acids is 2. The maximum absolute atomic E-state index is 13.5. The van der Waals surface area contributed by atoms with Crippen LogP contribution in [0, 0.1) is 23.6 Å². The van der Waals surface area contributed by atoms with E-state index in [1.54, 1.807) is 31.5 Å². The Labute approximate surface area is 244 Å². The zero-order chi connectivity index (χ0) is 30.2. The van der Waals surface area contributed by atoms with Crippen LogP contribution in [0.2, 0.25) is 0 Å². The van der Waals surface area contributed by atoms with Crippen LogP contribution in [0.5, 0.6) is 0 Å². The molecule has 0 saturated heterocycles. The van der Waals surface area contributed by atoms with Crippen molar-refractivity contribution in [1.82, 2.24) is 25.1 Å². The van der Waals surface area contributed by atoms with E-state index in [1.165, 1.54) is 23.1 Å². The third kappa shape index (κ3) is 12.4. The van der Waals surface area contributed by atoms with E-state index in [-0.39, 0.29) is 23.5 Å². The summed E-state index contributed by atoms with van der Waals surface area (Å²) >= 11 is 0. The Morgan fingerprint density at radius 2 is 1.95 bits per heavy atom. The number of benzene rings is 1. The fraction of sp³-hybridized carbons (Fsp3) is 0.484. The van der Waals surface area contributed by atoms with Gasteiger partial charge in [0, 0.05) is 44.9 Å². The van der Waals surface area contributed by atoms with Crippen LogP contribution in [-0.4, -0.2) is 78.4 Å². The molecule has 0 saturated carbocycles. The number of unbranched alkanes of at least 4 members (excludes halogenated alkanes) is 1. The number of aromatic nitrogens is 2. The summed E-state index contributed by atoms with van der Waals surface area (Å²) in [7, 11) is 5.53. The summed E-state index contributed by atoms with van der Waals surface area (Å²) in [5.74, 6) is 6.76. The highest BCUT2D eigenvalue weighted by Crippen LogP contribution is 2.18. The average molecular weight is 566 g/mol. The summed E-state index contributed by atoms with van der Waals surface area (Å²) < 4.78 is 13.5. The monoisotopic (exact) mass is 565 g/mol. The number of likely N-dealkylation sites (N-methyl/N-ethyl adjacent to an activating group) is 2. The minimum atomic E-state index is -0.540. The number of nitrogens with one attached hydrogen (secondary N) is 3. The van der Waals surface area contributed by atoms with Crippen molar-refractivity contribution in [2.24, 2.45) is 5.92 Å². The van der Waals surface area contributed by atoms with E-state index in [9.17, 15) is 14.0 Å². The van der Waals surface area contributed by atoms with Crippen molar-refractivity contribution in [2.45, 2.75) is 52.5 Å². The third-order valence-corrected chi connectivity index (χ3v) is 5.96. The molecule has 41 heavy (non-hydrogen) atoms. The van der Waals surface area contributed by atoms with Crippen molar-refractivity contribution < 1.29 is 14.0 Å². The third-order valence-electron chi connectivity index (χ3n) is 5.96. The molecule has 0 aliphatic heterocycles. The molecule has 3 N–H and O–H groups in total. The molecule has 9 nitrogen and oxygen atoms in total. The molecule has 0 unspecified atom stereocenters. The minimum Gasteiger partial charge on any atom is -0.369 e. The molecule has 0 spiro atoms. The van der Waals surface area contributed by atoms with Gasteiger partial charge in [-0.3, -0.25) is 9.59 Å². The van der Waals surface area contributed by atoms with Crippen LogP contribution in [0.1, 0.15) is 52.0 Å². The number of halogens is 1. The zero-order valence-electron chi connectivity index (χ0n) is 25.1. The van der Waals surface area contributed by atoms with Crippen LogP contribution < -0.4 is 16.0 Å². The molecule has 222 valence electrons. The average Bonchev–Trinajstić information content (AvgIpc) is 2.92. The van der Waals surface area contributed by atoms with Crippen LogP contribution in [0.3, 0.4) is 0 Å². The molecule has 1 aromatic heterocycles. The lowest BCUT2D eigenvalue weighted by atomic mass is 10.0. The fourth-order valence-electron chi connectivity index (χ4n) is 3.79. The lowest BCUT2D eigenvalue weighted by Crippen LogP contribution is -2.48. The number of amides is 2. The van der Waals surface area contributed by atoms with Crippen molar-refractivity contribution in [3.8, 4) is 11.8 Å². The molecule has 1 aromatic carbocycles. The highest BCUT2D eigenvalue weighted by Gasteiger charge is 2.26. The predicted molar refractivity (Wildman–Crippen MR) is 163 cm³/mol. The van der Waals surface area contributed by atoms with Gasteiger partial charge in [-0.25, -0.2) is 9.37 Å². The molecular weight excluding hydrogens is 521 g/mol. The lowest BCUT2D eigenvalue weighted by Gasteiger charge is -2.28. The van der Waals surface area contributed by atoms with Crippen molar-refractivity contribution >= 4 is 29.3 Å². The molecule has 0 aliphatic rings. The van der Waals surface area contributed by atoms with Gasteiger partial charge < -0.3 is 25.8 Å². The maximum atomic E-state index is 13.5. The normalized spacial score (nSPS) is 11.7. The van der Waals surface area contributed by atoms with E-state index in [0.29, 0.717) is 55.4 Å². The van der Waals surface area contributed by atoms with Crippen LogP contribution in [0.15, 0.2) is 42.6 Å². The maximum Gasteiger partial charge on any atom is 0.246 e. The van der Waals surface area contributed by atoms with Gasteiger partial charge in [0.2, 0.25) is 17.8 Å². The molecule has 0 aliphatic carbocycles. The number of carbonyl (C=O) groups is 2. The largest absolute Gasteiger partial charge is 0.369 e. The molecule has 2 amide bonds. The molecule has 1 heterocycles. The molecule has 2 aromatic rings. The van der Waals surface area contributed by atoms with Crippen molar-refractivity contribution in [3.63, 3.8) is 0 Å². The standard InChI is InChI=1S/C31H44FN7O2/c1-7-17-33-29-24(22-35-31(37-29)36-26-15-11-14-25(32)21-26)13-9-8-10-18-34-30(41)27(20-23(2)3)39(6)28(40)16-12-19-38(4)5/h11-12,14-16,21-23,27H,7-8,10,17-20H2,1-6H3,(H,34,41)(H2,33,35,36,37)/t27-/m0/s1. The van der Waals surface area contributed by atoms with E-state index in [4.69, 9.17) is 0 Å². The smallest absolute Gasteiger partial charge is 0.246 e. The van der Waals surface area contributed by atoms with E-state index >= 15 is 0 Å².